The number of hydrogen-bond acceptors (Lipinski definition) is 4. The zero-order valence-corrected chi connectivity index (χ0v) is 12.3. The number of halogens is 2. The molecule has 1 fully saturated rings. The second kappa shape index (κ2) is 7.04. The molecule has 1 aromatic carbocycles. The fourth-order valence-corrected chi connectivity index (χ4v) is 2.95. The van der Waals surface area contributed by atoms with Crippen molar-refractivity contribution in [2.24, 2.45) is 17.6 Å². The highest BCUT2D eigenvalue weighted by Gasteiger charge is 2.26. The van der Waals surface area contributed by atoms with Crippen LogP contribution in [0.1, 0.15) is 25.7 Å². The van der Waals surface area contributed by atoms with Crippen LogP contribution >= 0.6 is 11.6 Å². The van der Waals surface area contributed by atoms with Crippen LogP contribution in [-0.2, 0) is 0 Å². The highest BCUT2D eigenvalue weighted by Crippen LogP contribution is 2.34. The van der Waals surface area contributed by atoms with Gasteiger partial charge in [-0.2, -0.15) is 0 Å². The third-order valence-electron chi connectivity index (χ3n) is 4.02. The lowest BCUT2D eigenvalue weighted by Crippen LogP contribution is -2.30. The number of rotatable bonds is 5. The molecule has 0 aliphatic heterocycles. The first-order chi connectivity index (χ1) is 10.0. The summed E-state index contributed by atoms with van der Waals surface area (Å²) < 4.78 is 19.0. The van der Waals surface area contributed by atoms with Gasteiger partial charge >= 0.3 is 5.69 Å². The van der Waals surface area contributed by atoms with Gasteiger partial charge in [-0.3, -0.25) is 10.1 Å². The van der Waals surface area contributed by atoms with Crippen LogP contribution in [0, 0.1) is 27.8 Å². The van der Waals surface area contributed by atoms with Crippen molar-refractivity contribution in [2.75, 3.05) is 13.2 Å². The Hall–Kier alpha value is -1.40. The predicted octanol–water partition coefficient (Wildman–Crippen LogP) is 3.53. The minimum absolute atomic E-state index is 0.0803. The first-order valence-corrected chi connectivity index (χ1v) is 7.37. The van der Waals surface area contributed by atoms with Gasteiger partial charge in [0.15, 0.2) is 5.75 Å². The maximum Gasteiger partial charge on any atom is 0.312 e. The van der Waals surface area contributed by atoms with E-state index < -0.39 is 10.7 Å². The summed E-state index contributed by atoms with van der Waals surface area (Å²) >= 11 is 5.57. The molecule has 5 nitrogen and oxygen atoms in total. The Morgan fingerprint density at radius 1 is 1.38 bits per heavy atom. The van der Waals surface area contributed by atoms with Gasteiger partial charge in [0, 0.05) is 12.1 Å². The predicted molar refractivity (Wildman–Crippen MR) is 78.1 cm³/mol. The topological polar surface area (TPSA) is 78.4 Å². The van der Waals surface area contributed by atoms with Gasteiger partial charge in [0.1, 0.15) is 5.82 Å². The van der Waals surface area contributed by atoms with Gasteiger partial charge < -0.3 is 10.5 Å². The maximum atomic E-state index is 13.5. The normalized spacial score (nSPS) is 22.0. The fourth-order valence-electron chi connectivity index (χ4n) is 2.79. The summed E-state index contributed by atoms with van der Waals surface area (Å²) in [7, 11) is 0. The fraction of sp³-hybridized carbons (Fsp3) is 0.571. The van der Waals surface area contributed by atoms with Crippen molar-refractivity contribution in [3.63, 3.8) is 0 Å². The smallest absolute Gasteiger partial charge is 0.312 e. The molecule has 1 saturated carbocycles. The third-order valence-corrected chi connectivity index (χ3v) is 4.31. The van der Waals surface area contributed by atoms with E-state index >= 15 is 0 Å². The minimum atomic E-state index is -0.726. The Bertz CT molecular complexity index is 527. The maximum absolute atomic E-state index is 13.5. The van der Waals surface area contributed by atoms with Gasteiger partial charge in [-0.15, -0.1) is 0 Å². The zero-order chi connectivity index (χ0) is 15.4. The average Bonchev–Trinajstić information content (AvgIpc) is 2.48. The van der Waals surface area contributed by atoms with Crippen molar-refractivity contribution in [1.82, 2.24) is 0 Å². The molecule has 21 heavy (non-hydrogen) atoms. The van der Waals surface area contributed by atoms with Crippen LogP contribution in [0.5, 0.6) is 5.75 Å². The van der Waals surface area contributed by atoms with E-state index in [1.54, 1.807) is 0 Å². The van der Waals surface area contributed by atoms with Crippen molar-refractivity contribution in [2.45, 2.75) is 25.7 Å². The summed E-state index contributed by atoms with van der Waals surface area (Å²) in [5.41, 5.74) is 5.43. The molecule has 2 rings (SSSR count). The number of hydrogen-bond donors (Lipinski definition) is 1. The molecule has 0 spiro atoms. The van der Waals surface area contributed by atoms with Crippen LogP contribution in [0.2, 0.25) is 5.02 Å². The Morgan fingerprint density at radius 2 is 2.05 bits per heavy atom. The van der Waals surface area contributed by atoms with Crippen LogP contribution in [0.15, 0.2) is 12.1 Å². The molecule has 0 saturated heterocycles. The summed E-state index contributed by atoms with van der Waals surface area (Å²) in [5.74, 6) is -0.198. The summed E-state index contributed by atoms with van der Waals surface area (Å²) in [6.07, 6.45) is 4.27. The minimum Gasteiger partial charge on any atom is -0.486 e. The van der Waals surface area contributed by atoms with Gasteiger partial charge in [0.2, 0.25) is 0 Å². The Kier molecular flexibility index (Phi) is 5.36. The Balaban J connectivity index is 2.11. The molecule has 0 heterocycles. The molecule has 2 unspecified atom stereocenters. The average molecular weight is 317 g/mol. The van der Waals surface area contributed by atoms with Crippen molar-refractivity contribution in [3.05, 3.63) is 33.1 Å². The Labute approximate surface area is 127 Å². The molecule has 0 bridgehead atoms. The van der Waals surface area contributed by atoms with Gasteiger partial charge in [-0.05, 0) is 31.2 Å². The molecule has 2 atom stereocenters. The lowest BCUT2D eigenvalue weighted by Gasteiger charge is -2.30. The number of nitro benzene ring substituents is 1. The standard InChI is InChI=1S/C14H18ClFN2O3/c15-11-5-13(18(19)20)14(6-12(11)16)21-8-10-4-2-1-3-9(10)7-17/h5-6,9-10H,1-4,7-8,17H2. The zero-order valence-electron chi connectivity index (χ0n) is 11.6. The summed E-state index contributed by atoms with van der Waals surface area (Å²) in [6, 6.07) is 1.95. The van der Waals surface area contributed by atoms with Crippen LogP contribution < -0.4 is 10.5 Å². The lowest BCUT2D eigenvalue weighted by atomic mass is 9.80. The van der Waals surface area contributed by atoms with Crippen LogP contribution in [0.3, 0.4) is 0 Å². The van der Waals surface area contributed by atoms with E-state index in [2.05, 4.69) is 0 Å². The third kappa shape index (κ3) is 3.83. The van der Waals surface area contributed by atoms with Crippen molar-refractivity contribution in [1.29, 1.82) is 0 Å². The quantitative estimate of drug-likeness (QED) is 0.665. The number of nitrogens with two attached hydrogens (primary N) is 1. The molecule has 1 aromatic rings. The van der Waals surface area contributed by atoms with Crippen molar-refractivity contribution >= 4 is 17.3 Å². The molecular weight excluding hydrogens is 299 g/mol. The van der Waals surface area contributed by atoms with Crippen molar-refractivity contribution < 1.29 is 14.1 Å². The molecule has 0 amide bonds. The molecular formula is C14H18ClFN2O3. The number of nitrogens with zero attached hydrogens (tertiary/aromatic N) is 1. The van der Waals surface area contributed by atoms with Gasteiger partial charge in [0.05, 0.1) is 16.6 Å². The molecule has 116 valence electrons. The van der Waals surface area contributed by atoms with Crippen LogP contribution in [-0.4, -0.2) is 18.1 Å². The molecule has 0 radical (unpaired) electrons. The first kappa shape index (κ1) is 16.0. The van der Waals surface area contributed by atoms with Gasteiger partial charge in [-0.1, -0.05) is 24.4 Å². The van der Waals surface area contributed by atoms with Crippen molar-refractivity contribution in [3.8, 4) is 5.75 Å². The molecule has 1 aliphatic rings. The molecule has 2 N–H and O–H groups in total. The van der Waals surface area contributed by atoms with Crippen LogP contribution in [0.25, 0.3) is 0 Å². The number of ether oxygens (including phenoxy) is 1. The van der Waals surface area contributed by atoms with E-state index in [-0.39, 0.29) is 22.4 Å². The van der Waals surface area contributed by atoms with Gasteiger partial charge in [-0.25, -0.2) is 4.39 Å². The van der Waals surface area contributed by atoms with Gasteiger partial charge in [0.25, 0.3) is 0 Å². The number of benzene rings is 1. The summed E-state index contributed by atoms with van der Waals surface area (Å²) in [6.45, 7) is 0.884. The summed E-state index contributed by atoms with van der Waals surface area (Å²) in [4.78, 5) is 10.4. The molecule has 7 heteroatoms. The number of nitro groups is 1. The summed E-state index contributed by atoms with van der Waals surface area (Å²) in [5, 5.41) is 10.7. The highest BCUT2D eigenvalue weighted by atomic mass is 35.5. The second-order valence-corrected chi connectivity index (χ2v) is 5.75. The van der Waals surface area contributed by atoms with E-state index in [0.29, 0.717) is 19.1 Å². The Morgan fingerprint density at radius 3 is 2.67 bits per heavy atom. The van der Waals surface area contributed by atoms with E-state index in [1.807, 2.05) is 0 Å². The largest absolute Gasteiger partial charge is 0.486 e. The molecule has 1 aliphatic carbocycles. The monoisotopic (exact) mass is 316 g/mol. The van der Waals surface area contributed by atoms with E-state index in [0.717, 1.165) is 37.8 Å². The second-order valence-electron chi connectivity index (χ2n) is 5.34. The first-order valence-electron chi connectivity index (χ1n) is 6.99. The van der Waals surface area contributed by atoms with Crippen LogP contribution in [0.4, 0.5) is 10.1 Å². The molecule has 0 aromatic heterocycles. The SMILES string of the molecule is NCC1CCCCC1COc1cc(F)c(Cl)cc1[N+](=O)[O-]. The van der Waals surface area contributed by atoms with E-state index in [4.69, 9.17) is 22.1 Å². The van der Waals surface area contributed by atoms with E-state index in [1.165, 1.54) is 0 Å². The van der Waals surface area contributed by atoms with E-state index in [9.17, 15) is 14.5 Å². The highest BCUT2D eigenvalue weighted by molar-refractivity contribution is 6.31. The lowest BCUT2D eigenvalue weighted by molar-refractivity contribution is -0.386.